The Labute approximate surface area is 189 Å². The molecule has 0 aliphatic carbocycles. The first-order chi connectivity index (χ1) is 15.5. The van der Waals surface area contributed by atoms with Gasteiger partial charge in [-0.1, -0.05) is 62.4 Å². The van der Waals surface area contributed by atoms with Crippen molar-refractivity contribution in [2.24, 2.45) is 0 Å². The van der Waals surface area contributed by atoms with Crippen LogP contribution in [0, 0.1) is 6.92 Å². The van der Waals surface area contributed by atoms with Crippen molar-refractivity contribution in [3.8, 4) is 0 Å². The van der Waals surface area contributed by atoms with E-state index in [0.29, 0.717) is 18.9 Å². The summed E-state index contributed by atoms with van der Waals surface area (Å²) in [5, 5.41) is 0. The number of carbonyl (C=O) groups is 1. The second-order valence-corrected chi connectivity index (χ2v) is 9.19. The number of aryl methyl sites for hydroxylation is 1. The molecule has 1 aromatic heterocycles. The minimum Gasteiger partial charge on any atom is -0.323 e. The van der Waals surface area contributed by atoms with Gasteiger partial charge in [-0.2, -0.15) is 0 Å². The number of rotatable bonds is 5. The number of hydrogen-bond acceptors (Lipinski definition) is 2. The van der Waals surface area contributed by atoms with Crippen LogP contribution in [-0.4, -0.2) is 22.0 Å². The number of carbonyl (C=O) groups excluding carboxylic acids is 1. The van der Waals surface area contributed by atoms with Gasteiger partial charge in [-0.25, -0.2) is 4.98 Å². The highest BCUT2D eigenvalue weighted by Gasteiger charge is 2.34. The first-order valence-electron chi connectivity index (χ1n) is 11.4. The Morgan fingerprint density at radius 1 is 1.00 bits per heavy atom. The van der Waals surface area contributed by atoms with E-state index in [1.807, 2.05) is 23.1 Å². The fourth-order valence-corrected chi connectivity index (χ4v) is 4.69. The second-order valence-electron chi connectivity index (χ2n) is 9.19. The Hall–Kier alpha value is -3.40. The quantitative estimate of drug-likeness (QED) is 0.393. The van der Waals surface area contributed by atoms with Crippen molar-refractivity contribution in [3.63, 3.8) is 0 Å². The van der Waals surface area contributed by atoms with Crippen LogP contribution in [0.1, 0.15) is 54.6 Å². The normalized spacial score (nSPS) is 16.4. The summed E-state index contributed by atoms with van der Waals surface area (Å²) in [6.45, 7) is 7.91. The minimum absolute atomic E-state index is 0.0744. The number of anilines is 1. The molecule has 0 bridgehead atoms. The van der Waals surface area contributed by atoms with Crippen LogP contribution in [0.5, 0.6) is 0 Å². The maximum Gasteiger partial charge on any atom is 0.227 e. The number of imidazole rings is 1. The van der Waals surface area contributed by atoms with E-state index >= 15 is 0 Å². The van der Waals surface area contributed by atoms with Crippen molar-refractivity contribution >= 4 is 22.6 Å². The van der Waals surface area contributed by atoms with E-state index in [1.54, 1.807) is 0 Å². The molecule has 4 nitrogen and oxygen atoms in total. The van der Waals surface area contributed by atoms with Crippen LogP contribution >= 0.6 is 0 Å². The van der Waals surface area contributed by atoms with Crippen LogP contribution in [0.25, 0.3) is 11.0 Å². The summed E-state index contributed by atoms with van der Waals surface area (Å²) >= 11 is 0. The summed E-state index contributed by atoms with van der Waals surface area (Å²) in [6, 6.07) is 25.3. The predicted molar refractivity (Wildman–Crippen MR) is 130 cm³/mol. The molecule has 32 heavy (non-hydrogen) atoms. The zero-order valence-corrected chi connectivity index (χ0v) is 19.0. The lowest BCUT2D eigenvalue weighted by atomic mass is 10.0. The molecule has 1 fully saturated rings. The highest BCUT2D eigenvalue weighted by molar-refractivity contribution is 5.96. The molecule has 0 N–H and O–H groups in total. The van der Waals surface area contributed by atoms with Crippen molar-refractivity contribution in [1.82, 2.24) is 9.55 Å². The summed E-state index contributed by atoms with van der Waals surface area (Å²) in [5.74, 6) is 1.76. The van der Waals surface area contributed by atoms with Gasteiger partial charge in [-0.15, -0.1) is 0 Å². The fourth-order valence-electron chi connectivity index (χ4n) is 4.69. The largest absolute Gasteiger partial charge is 0.323 e. The van der Waals surface area contributed by atoms with Gasteiger partial charge in [-0.05, 0) is 53.8 Å². The molecule has 1 aliphatic rings. The zero-order valence-electron chi connectivity index (χ0n) is 19.0. The summed E-state index contributed by atoms with van der Waals surface area (Å²) in [7, 11) is 0. The lowest BCUT2D eigenvalue weighted by molar-refractivity contribution is -0.117. The van der Waals surface area contributed by atoms with E-state index in [2.05, 4.69) is 79.9 Å². The third-order valence-corrected chi connectivity index (χ3v) is 6.47. The molecule has 0 saturated carbocycles. The average Bonchev–Trinajstić information content (AvgIpc) is 3.35. The van der Waals surface area contributed by atoms with E-state index in [0.717, 1.165) is 34.7 Å². The van der Waals surface area contributed by atoms with Gasteiger partial charge in [0.05, 0.1) is 11.0 Å². The van der Waals surface area contributed by atoms with Gasteiger partial charge in [0.15, 0.2) is 0 Å². The number of benzene rings is 3. The molecule has 0 unspecified atom stereocenters. The Bertz CT molecular complexity index is 1270. The van der Waals surface area contributed by atoms with Gasteiger partial charge in [0.25, 0.3) is 0 Å². The lowest BCUT2D eigenvalue weighted by Gasteiger charge is -2.18. The van der Waals surface area contributed by atoms with E-state index in [-0.39, 0.29) is 11.8 Å². The molecule has 4 aromatic rings. The SMILES string of the molecule is Cc1cccc(N2C[C@H](c3nc4ccccc4n3Cc3ccc(C(C)C)cc3)CC2=O)c1. The first kappa shape index (κ1) is 20.5. The van der Waals surface area contributed by atoms with Gasteiger partial charge in [0, 0.05) is 31.1 Å². The van der Waals surface area contributed by atoms with Gasteiger partial charge in [0.1, 0.15) is 5.82 Å². The molecular formula is C28H29N3O. The Morgan fingerprint density at radius 2 is 1.78 bits per heavy atom. The highest BCUT2D eigenvalue weighted by Crippen LogP contribution is 2.34. The smallest absolute Gasteiger partial charge is 0.227 e. The van der Waals surface area contributed by atoms with Crippen molar-refractivity contribution < 1.29 is 4.79 Å². The van der Waals surface area contributed by atoms with Crippen LogP contribution in [0.3, 0.4) is 0 Å². The van der Waals surface area contributed by atoms with E-state index in [9.17, 15) is 4.79 Å². The minimum atomic E-state index is 0.0744. The summed E-state index contributed by atoms with van der Waals surface area (Å²) in [6.07, 6.45) is 0.490. The highest BCUT2D eigenvalue weighted by atomic mass is 16.2. The Balaban J connectivity index is 1.50. The number of nitrogens with zero attached hydrogens (tertiary/aromatic N) is 3. The molecule has 2 heterocycles. The topological polar surface area (TPSA) is 38.1 Å². The number of amides is 1. The molecule has 3 aromatic carbocycles. The number of aromatic nitrogens is 2. The summed E-state index contributed by atoms with van der Waals surface area (Å²) in [5.41, 5.74) is 6.85. The third kappa shape index (κ3) is 3.81. The number of para-hydroxylation sites is 2. The molecule has 5 rings (SSSR count). The van der Waals surface area contributed by atoms with Crippen molar-refractivity contribution in [3.05, 3.63) is 95.3 Å². The van der Waals surface area contributed by atoms with Gasteiger partial charge in [0.2, 0.25) is 5.91 Å². The van der Waals surface area contributed by atoms with E-state index in [4.69, 9.17) is 4.98 Å². The molecule has 162 valence electrons. The third-order valence-electron chi connectivity index (χ3n) is 6.47. The molecule has 1 atom stereocenters. The molecular weight excluding hydrogens is 394 g/mol. The van der Waals surface area contributed by atoms with Crippen LogP contribution in [0.4, 0.5) is 5.69 Å². The average molecular weight is 424 g/mol. The van der Waals surface area contributed by atoms with Crippen molar-refractivity contribution in [1.29, 1.82) is 0 Å². The van der Waals surface area contributed by atoms with Crippen LogP contribution in [0.15, 0.2) is 72.8 Å². The van der Waals surface area contributed by atoms with E-state index < -0.39 is 0 Å². The molecule has 1 saturated heterocycles. The molecule has 1 amide bonds. The molecule has 0 spiro atoms. The molecule has 4 heteroatoms. The van der Waals surface area contributed by atoms with Crippen molar-refractivity contribution in [2.75, 3.05) is 11.4 Å². The first-order valence-corrected chi connectivity index (χ1v) is 11.4. The predicted octanol–water partition coefficient (Wildman–Crippen LogP) is 6.04. The van der Waals surface area contributed by atoms with Crippen LogP contribution in [-0.2, 0) is 11.3 Å². The van der Waals surface area contributed by atoms with Gasteiger partial charge < -0.3 is 9.47 Å². The Morgan fingerprint density at radius 3 is 2.53 bits per heavy atom. The molecule has 0 radical (unpaired) electrons. The molecule has 1 aliphatic heterocycles. The maximum absolute atomic E-state index is 12.9. The fraction of sp³-hybridized carbons (Fsp3) is 0.286. The van der Waals surface area contributed by atoms with E-state index in [1.165, 1.54) is 11.1 Å². The second kappa shape index (κ2) is 8.27. The van der Waals surface area contributed by atoms with Crippen LogP contribution in [0.2, 0.25) is 0 Å². The monoisotopic (exact) mass is 423 g/mol. The number of hydrogen-bond donors (Lipinski definition) is 0. The standard InChI is InChI=1S/C28H29N3O/c1-19(2)22-13-11-21(12-14-22)17-31-26-10-5-4-9-25(26)29-28(31)23-16-27(32)30(18-23)24-8-6-7-20(3)15-24/h4-15,19,23H,16-18H2,1-3H3/t23-/m1/s1. The zero-order chi connectivity index (χ0) is 22.2. The number of fused-ring (bicyclic) bond motifs is 1. The maximum atomic E-state index is 12.9. The van der Waals surface area contributed by atoms with Gasteiger partial charge >= 0.3 is 0 Å². The van der Waals surface area contributed by atoms with Crippen LogP contribution < -0.4 is 4.90 Å². The summed E-state index contributed by atoms with van der Waals surface area (Å²) < 4.78 is 2.30. The van der Waals surface area contributed by atoms with Crippen molar-refractivity contribution in [2.45, 2.75) is 45.6 Å². The van der Waals surface area contributed by atoms with Gasteiger partial charge in [-0.3, -0.25) is 4.79 Å². The lowest BCUT2D eigenvalue weighted by Crippen LogP contribution is -2.24. The summed E-state index contributed by atoms with van der Waals surface area (Å²) in [4.78, 5) is 19.9. The Kier molecular flexibility index (Phi) is 5.30.